The number of alkyl halides is 2. The van der Waals surface area contributed by atoms with Crippen LogP contribution in [-0.4, -0.2) is 38.4 Å². The number of rotatable bonds is 26. The maximum atomic E-state index is 10.1. The molecule has 0 saturated carbocycles. The summed E-state index contributed by atoms with van der Waals surface area (Å²) in [6.07, 6.45) is 28.2. The maximum absolute atomic E-state index is 10.1. The Morgan fingerprint density at radius 2 is 0.675 bits per heavy atom. The van der Waals surface area contributed by atoms with E-state index in [1.165, 1.54) is 116 Å². The predicted octanol–water partition coefficient (Wildman–Crippen LogP) is 9.86. The first-order valence-corrected chi connectivity index (χ1v) is 21.7. The molecule has 0 aliphatic heterocycles. The minimum atomic E-state index is -0.909. The van der Waals surface area contributed by atoms with Crippen LogP contribution in [0.5, 0.6) is 0 Å². The second kappa shape index (κ2) is 49.0. The zero-order valence-electron chi connectivity index (χ0n) is 27.0. The summed E-state index contributed by atoms with van der Waals surface area (Å²) in [7, 11) is 0. The summed E-state index contributed by atoms with van der Waals surface area (Å²) in [5.41, 5.74) is 0. The third kappa shape index (κ3) is 66.5. The Kier molecular flexibility index (Phi) is 57.9. The fourth-order valence-corrected chi connectivity index (χ4v) is 8.05. The SMILES string of the molecule is CCCCCCCCCCCC(=O)[O-].CCCCCCCCCCCC(=O)[O-].CCC[CH2][Sn+2][CH2]CCC.ClCCl. The van der Waals surface area contributed by atoms with Crippen molar-refractivity contribution in [3.8, 4) is 0 Å². The molecule has 0 heterocycles. The van der Waals surface area contributed by atoms with Gasteiger partial charge in [-0.25, -0.2) is 0 Å². The quantitative estimate of drug-likeness (QED) is 0.0507. The molecule has 0 aliphatic rings. The fourth-order valence-electron chi connectivity index (χ4n) is 3.89. The van der Waals surface area contributed by atoms with E-state index < -0.39 is 11.9 Å². The van der Waals surface area contributed by atoms with Crippen molar-refractivity contribution in [1.82, 2.24) is 0 Å². The van der Waals surface area contributed by atoms with E-state index in [1.807, 2.05) is 0 Å². The number of halogens is 2. The molecule has 40 heavy (non-hydrogen) atoms. The number of carboxylic acids is 2. The summed E-state index contributed by atoms with van der Waals surface area (Å²) in [6.45, 7) is 9.03. The Balaban J connectivity index is -0.000000236. The zero-order valence-corrected chi connectivity index (χ0v) is 31.3. The summed E-state index contributed by atoms with van der Waals surface area (Å²) in [6, 6.07) is 0. The Hall–Kier alpha value is 0.319. The third-order valence-electron chi connectivity index (χ3n) is 6.38. The van der Waals surface area contributed by atoms with Gasteiger partial charge in [-0.2, -0.15) is 0 Å². The van der Waals surface area contributed by atoms with E-state index in [-0.39, 0.29) is 39.3 Å². The van der Waals surface area contributed by atoms with Gasteiger partial charge in [-0.1, -0.05) is 117 Å². The van der Waals surface area contributed by atoms with Gasteiger partial charge in [0.15, 0.2) is 0 Å². The van der Waals surface area contributed by atoms with Crippen LogP contribution in [0.3, 0.4) is 0 Å². The van der Waals surface area contributed by atoms with Gasteiger partial charge in [-0.3, -0.25) is 0 Å². The minimum Gasteiger partial charge on any atom is -0.109 e. The van der Waals surface area contributed by atoms with Crippen LogP contribution in [-0.2, 0) is 9.59 Å². The second-order valence-electron chi connectivity index (χ2n) is 10.5. The third-order valence-corrected chi connectivity index (χ3v) is 10.4. The molecule has 0 aliphatic carbocycles. The molecular formula is C33H66Cl2O4Sn. The Labute approximate surface area is 270 Å². The van der Waals surface area contributed by atoms with Crippen molar-refractivity contribution in [2.75, 3.05) is 5.34 Å². The number of aliphatic carboxylic acids is 2. The predicted molar refractivity (Wildman–Crippen MR) is 175 cm³/mol. The van der Waals surface area contributed by atoms with Crippen LogP contribution >= 0.6 is 23.2 Å². The maximum Gasteiger partial charge on any atom is 0.0967 e. The summed E-state index contributed by atoms with van der Waals surface area (Å²) in [4.78, 5) is 20.2. The molecule has 0 amide bonds. The van der Waals surface area contributed by atoms with Gasteiger partial charge in [0.2, 0.25) is 0 Å². The van der Waals surface area contributed by atoms with Gasteiger partial charge in [0.05, 0.1) is 5.34 Å². The number of hydrogen-bond donors (Lipinski definition) is 0. The monoisotopic (exact) mass is 716 g/mol. The Morgan fingerprint density at radius 1 is 0.450 bits per heavy atom. The molecule has 0 fully saturated rings. The van der Waals surface area contributed by atoms with Crippen molar-refractivity contribution >= 4 is 56.3 Å². The molecule has 0 spiro atoms. The standard InChI is InChI=1S/2C12H24O2.2C4H9.CH2Cl2.Sn/c2*1-2-3-4-5-6-7-8-9-10-11-12(13)14;2*1-3-4-2;2-1-3;/h2*2-11H2,1H3,(H,13,14);2*1,3-4H2,2H3;1H2;/q;;;;;+2/p-2. The molecule has 0 aromatic carbocycles. The first-order chi connectivity index (χ1) is 19.4. The van der Waals surface area contributed by atoms with Gasteiger partial charge in [-0.05, 0) is 25.7 Å². The van der Waals surface area contributed by atoms with Crippen molar-refractivity contribution < 1.29 is 19.8 Å². The largest absolute Gasteiger partial charge is 0.109 e. The topological polar surface area (TPSA) is 80.3 Å². The molecule has 0 bridgehead atoms. The first kappa shape index (κ1) is 47.3. The molecule has 0 rings (SSSR count). The molecule has 7 heteroatoms. The van der Waals surface area contributed by atoms with Gasteiger partial charge in [-0.15, -0.1) is 23.2 Å². The first-order valence-electron chi connectivity index (χ1n) is 16.6. The molecule has 0 aromatic rings. The number of carbonyl (C=O) groups is 2. The van der Waals surface area contributed by atoms with Crippen LogP contribution in [0.25, 0.3) is 0 Å². The molecule has 0 aromatic heterocycles. The summed E-state index contributed by atoms with van der Waals surface area (Å²) in [5.74, 6) is -1.82. The van der Waals surface area contributed by atoms with E-state index in [1.54, 1.807) is 8.87 Å². The van der Waals surface area contributed by atoms with E-state index >= 15 is 0 Å². The van der Waals surface area contributed by atoms with Gasteiger partial charge >= 0.3 is 69.5 Å². The van der Waals surface area contributed by atoms with Gasteiger partial charge in [0, 0.05) is 11.9 Å². The van der Waals surface area contributed by atoms with Crippen LogP contribution in [0.15, 0.2) is 0 Å². The van der Waals surface area contributed by atoms with Crippen molar-refractivity contribution in [3.05, 3.63) is 0 Å². The summed E-state index contributed by atoms with van der Waals surface area (Å²) in [5, 5.41) is 20.4. The molecule has 4 nitrogen and oxygen atoms in total. The molecule has 0 radical (unpaired) electrons. The van der Waals surface area contributed by atoms with Crippen LogP contribution in [0.2, 0.25) is 8.87 Å². The van der Waals surface area contributed by atoms with Crippen LogP contribution < -0.4 is 10.2 Å². The Bertz CT molecular complexity index is 416. The second-order valence-corrected chi connectivity index (χ2v) is 15.5. The smallest absolute Gasteiger partial charge is 0.0967 e. The molecular weight excluding hydrogens is 650 g/mol. The fraction of sp³-hybridized carbons (Fsp3) is 0.939. The minimum absolute atomic E-state index is 0.149. The van der Waals surface area contributed by atoms with Crippen LogP contribution in [0, 0.1) is 0 Å². The molecule has 0 saturated heterocycles. The molecule has 0 unspecified atom stereocenters. The normalized spacial score (nSPS) is 9.75. The van der Waals surface area contributed by atoms with Crippen LogP contribution in [0.4, 0.5) is 0 Å². The van der Waals surface area contributed by atoms with Crippen molar-refractivity contribution in [2.45, 2.75) is 191 Å². The van der Waals surface area contributed by atoms with E-state index in [9.17, 15) is 19.8 Å². The van der Waals surface area contributed by atoms with E-state index in [2.05, 4.69) is 27.7 Å². The number of hydrogen-bond acceptors (Lipinski definition) is 4. The number of unbranched alkanes of at least 4 members (excludes halogenated alkanes) is 18. The van der Waals surface area contributed by atoms with Gasteiger partial charge in [0.25, 0.3) is 0 Å². The average molecular weight is 717 g/mol. The zero-order chi connectivity index (χ0) is 31.0. The van der Waals surface area contributed by atoms with Crippen LogP contribution in [0.1, 0.15) is 182 Å². The van der Waals surface area contributed by atoms with Crippen molar-refractivity contribution in [3.63, 3.8) is 0 Å². The number of carboxylic acid groups (broad SMARTS) is 2. The van der Waals surface area contributed by atoms with E-state index in [0.29, 0.717) is 0 Å². The van der Waals surface area contributed by atoms with Gasteiger partial charge in [0.1, 0.15) is 0 Å². The molecule has 0 atom stereocenters. The van der Waals surface area contributed by atoms with E-state index in [0.717, 1.165) is 25.7 Å². The van der Waals surface area contributed by atoms with Crippen molar-refractivity contribution in [2.24, 2.45) is 0 Å². The summed E-state index contributed by atoms with van der Waals surface area (Å²) < 4.78 is 3.25. The number of carbonyl (C=O) groups excluding carboxylic acids is 2. The van der Waals surface area contributed by atoms with Gasteiger partial charge < -0.3 is 19.8 Å². The Morgan fingerprint density at radius 3 is 0.900 bits per heavy atom. The molecule has 0 N–H and O–H groups in total. The van der Waals surface area contributed by atoms with Crippen molar-refractivity contribution in [1.29, 1.82) is 0 Å². The van der Waals surface area contributed by atoms with E-state index in [4.69, 9.17) is 23.2 Å². The molecule has 240 valence electrons. The average Bonchev–Trinajstić information content (AvgIpc) is 2.92. The summed E-state index contributed by atoms with van der Waals surface area (Å²) >= 11 is 9.68.